The normalized spacial score (nSPS) is 23.5. The highest BCUT2D eigenvalue weighted by atomic mass is 32.2. The molecule has 8 nitrogen and oxygen atoms in total. The summed E-state index contributed by atoms with van der Waals surface area (Å²) in [6.07, 6.45) is 2.60. The molecule has 2 fully saturated rings. The lowest BCUT2D eigenvalue weighted by molar-refractivity contribution is 0.408. The highest BCUT2D eigenvalue weighted by molar-refractivity contribution is 7.91. The van der Waals surface area contributed by atoms with E-state index in [9.17, 15) is 8.42 Å². The number of anilines is 1. The van der Waals surface area contributed by atoms with E-state index in [0.717, 1.165) is 60.3 Å². The highest BCUT2D eigenvalue weighted by Gasteiger charge is 2.35. The Morgan fingerprint density at radius 2 is 2.06 bits per heavy atom. The minimum Gasteiger partial charge on any atom is -0.440 e. The van der Waals surface area contributed by atoms with Gasteiger partial charge >= 0.3 is 0 Å². The molecule has 2 saturated heterocycles. The minimum absolute atomic E-state index is 0.108. The summed E-state index contributed by atoms with van der Waals surface area (Å²) >= 11 is 0. The van der Waals surface area contributed by atoms with E-state index in [1.165, 1.54) is 0 Å². The molecule has 0 radical (unpaired) electrons. The number of nitrogens with zero attached hydrogens (tertiary/aromatic N) is 5. The third-order valence-corrected chi connectivity index (χ3v) is 7.92. The number of sulfone groups is 1. The number of hydrogen-bond acceptors (Lipinski definition) is 7. The van der Waals surface area contributed by atoms with Crippen molar-refractivity contribution in [3.05, 3.63) is 48.1 Å². The Hall–Kier alpha value is -2.68. The third kappa shape index (κ3) is 3.98. The van der Waals surface area contributed by atoms with Gasteiger partial charge in [0.15, 0.2) is 21.3 Å². The van der Waals surface area contributed by atoms with Gasteiger partial charge in [-0.15, -0.1) is 10.2 Å². The van der Waals surface area contributed by atoms with Gasteiger partial charge in [-0.2, -0.15) is 0 Å². The minimum atomic E-state index is -3.00. The number of para-hydroxylation sites is 2. The molecule has 0 spiro atoms. The number of fused-ring (bicyclic) bond motifs is 1. The molecule has 9 heteroatoms. The summed E-state index contributed by atoms with van der Waals surface area (Å²) in [7, 11) is -3.00. The highest BCUT2D eigenvalue weighted by Crippen LogP contribution is 2.34. The van der Waals surface area contributed by atoms with Gasteiger partial charge in [0.1, 0.15) is 11.3 Å². The van der Waals surface area contributed by atoms with Gasteiger partial charge in [0.05, 0.1) is 17.4 Å². The van der Waals surface area contributed by atoms with Crippen LogP contribution in [0.1, 0.15) is 49.7 Å². The summed E-state index contributed by atoms with van der Waals surface area (Å²) < 4.78 is 32.1. The molecule has 3 aromatic rings. The summed E-state index contributed by atoms with van der Waals surface area (Å²) in [5, 5.41) is 8.96. The molecular weight excluding hydrogens is 414 g/mol. The van der Waals surface area contributed by atoms with Gasteiger partial charge in [0.2, 0.25) is 5.95 Å². The second-order valence-corrected chi connectivity index (χ2v) is 11.0. The van der Waals surface area contributed by atoms with Crippen LogP contribution in [-0.2, 0) is 16.4 Å². The summed E-state index contributed by atoms with van der Waals surface area (Å²) in [4.78, 5) is 6.93. The number of oxazole rings is 1. The van der Waals surface area contributed by atoms with Crippen LogP contribution in [0.15, 0.2) is 40.8 Å². The predicted octanol–water partition coefficient (Wildman–Crippen LogP) is 3.28. The first-order chi connectivity index (χ1) is 14.9. The maximum atomic E-state index is 12.0. The number of rotatable bonds is 5. The lowest BCUT2D eigenvalue weighted by atomic mass is 9.98. The van der Waals surface area contributed by atoms with Crippen molar-refractivity contribution in [2.24, 2.45) is 0 Å². The Balaban J connectivity index is 1.44. The fourth-order valence-electron chi connectivity index (χ4n) is 4.69. The molecule has 0 bridgehead atoms. The van der Waals surface area contributed by atoms with E-state index < -0.39 is 9.84 Å². The Labute approximate surface area is 181 Å². The van der Waals surface area contributed by atoms with Crippen molar-refractivity contribution in [2.75, 3.05) is 29.5 Å². The number of hydrogen-bond donors (Lipinski definition) is 0. The Bertz CT molecular complexity index is 1200. The third-order valence-electron chi connectivity index (χ3n) is 6.15. The molecule has 2 aliphatic heterocycles. The van der Waals surface area contributed by atoms with Crippen LogP contribution in [-0.4, -0.2) is 52.8 Å². The van der Waals surface area contributed by atoms with Gasteiger partial charge < -0.3 is 9.32 Å². The number of aromatic nitrogens is 4. The topological polar surface area (TPSA) is 94.1 Å². The van der Waals surface area contributed by atoms with Crippen molar-refractivity contribution in [2.45, 2.75) is 44.6 Å². The molecule has 0 N–H and O–H groups in total. The summed E-state index contributed by atoms with van der Waals surface area (Å²) in [6, 6.07) is 7.83. The molecule has 0 amide bonds. The SMILES string of the molecule is C=C(C)Cn1c([C@@H]2CCS(=O)(=O)C2)nnc1N1CCC[C@@H](c2nc3ccccc3o2)C1. The number of benzene rings is 1. The maximum Gasteiger partial charge on any atom is 0.227 e. The first kappa shape index (κ1) is 20.2. The predicted molar refractivity (Wildman–Crippen MR) is 119 cm³/mol. The average molecular weight is 442 g/mol. The zero-order valence-corrected chi connectivity index (χ0v) is 18.5. The van der Waals surface area contributed by atoms with Crippen molar-refractivity contribution < 1.29 is 12.8 Å². The van der Waals surface area contributed by atoms with Crippen LogP contribution in [0.2, 0.25) is 0 Å². The molecular formula is C22H27N5O3S. The fraction of sp³-hybridized carbons (Fsp3) is 0.500. The van der Waals surface area contributed by atoms with Crippen LogP contribution in [0.5, 0.6) is 0 Å². The molecule has 5 rings (SSSR count). The number of allylic oxidation sites excluding steroid dienone is 1. The van der Waals surface area contributed by atoms with Gasteiger partial charge in [0, 0.05) is 25.6 Å². The van der Waals surface area contributed by atoms with E-state index in [-0.39, 0.29) is 23.3 Å². The van der Waals surface area contributed by atoms with Gasteiger partial charge in [-0.1, -0.05) is 24.3 Å². The molecule has 0 unspecified atom stereocenters. The number of piperidine rings is 1. The molecule has 0 aliphatic carbocycles. The fourth-order valence-corrected chi connectivity index (χ4v) is 6.43. The first-order valence-corrected chi connectivity index (χ1v) is 12.6. The average Bonchev–Trinajstić information content (AvgIpc) is 3.44. The molecule has 1 aromatic carbocycles. The molecule has 0 saturated carbocycles. The van der Waals surface area contributed by atoms with Gasteiger partial charge in [0.25, 0.3) is 0 Å². The van der Waals surface area contributed by atoms with Crippen molar-refractivity contribution in [1.29, 1.82) is 0 Å². The van der Waals surface area contributed by atoms with Crippen molar-refractivity contribution >= 4 is 26.9 Å². The van der Waals surface area contributed by atoms with Crippen LogP contribution in [0, 0.1) is 0 Å². The quantitative estimate of drug-likeness (QED) is 0.561. The largest absolute Gasteiger partial charge is 0.440 e. The van der Waals surface area contributed by atoms with Crippen LogP contribution < -0.4 is 4.90 Å². The summed E-state index contributed by atoms with van der Waals surface area (Å²) in [5.74, 6) is 2.73. The zero-order valence-electron chi connectivity index (χ0n) is 17.7. The van der Waals surface area contributed by atoms with E-state index >= 15 is 0 Å². The van der Waals surface area contributed by atoms with Crippen LogP contribution in [0.4, 0.5) is 5.95 Å². The summed E-state index contributed by atoms with van der Waals surface area (Å²) in [6.45, 7) is 8.22. The summed E-state index contributed by atoms with van der Waals surface area (Å²) in [5.41, 5.74) is 2.67. The zero-order chi connectivity index (χ0) is 21.6. The monoisotopic (exact) mass is 441 g/mol. The van der Waals surface area contributed by atoms with Crippen LogP contribution in [0.25, 0.3) is 11.1 Å². The van der Waals surface area contributed by atoms with E-state index in [1.54, 1.807) is 0 Å². The van der Waals surface area contributed by atoms with E-state index in [0.29, 0.717) is 13.0 Å². The Morgan fingerprint density at radius 1 is 1.23 bits per heavy atom. The molecule has 2 atom stereocenters. The lowest BCUT2D eigenvalue weighted by Crippen LogP contribution is -2.36. The van der Waals surface area contributed by atoms with Gasteiger partial charge in [-0.05, 0) is 38.3 Å². The standard InChI is InChI=1S/C22H27N5O3S/c1-15(2)12-27-20(17-9-11-31(28,29)14-17)24-25-22(27)26-10-5-6-16(13-26)21-23-18-7-3-4-8-19(18)30-21/h3-4,7-8,16-17H,1,5-6,9-14H2,2H3/t16-,17-/m1/s1. The van der Waals surface area contributed by atoms with E-state index in [1.807, 2.05) is 31.2 Å². The second-order valence-electron chi connectivity index (χ2n) is 8.81. The smallest absolute Gasteiger partial charge is 0.227 e. The van der Waals surface area contributed by atoms with Crippen molar-refractivity contribution in [3.8, 4) is 0 Å². The van der Waals surface area contributed by atoms with Gasteiger partial charge in [-0.3, -0.25) is 4.57 Å². The second kappa shape index (κ2) is 7.78. The Kier molecular flexibility index (Phi) is 5.08. The Morgan fingerprint density at radius 3 is 2.81 bits per heavy atom. The van der Waals surface area contributed by atoms with Crippen LogP contribution >= 0.6 is 0 Å². The molecule has 164 valence electrons. The molecule has 2 aromatic heterocycles. The lowest BCUT2D eigenvalue weighted by Gasteiger charge is -2.32. The first-order valence-electron chi connectivity index (χ1n) is 10.8. The maximum absolute atomic E-state index is 12.0. The molecule has 4 heterocycles. The van der Waals surface area contributed by atoms with Crippen LogP contribution in [0.3, 0.4) is 0 Å². The van der Waals surface area contributed by atoms with E-state index in [4.69, 9.17) is 9.40 Å². The van der Waals surface area contributed by atoms with Crippen molar-refractivity contribution in [3.63, 3.8) is 0 Å². The van der Waals surface area contributed by atoms with E-state index in [2.05, 4.69) is 26.2 Å². The van der Waals surface area contributed by atoms with Crippen molar-refractivity contribution in [1.82, 2.24) is 19.7 Å². The molecule has 2 aliphatic rings. The molecule has 31 heavy (non-hydrogen) atoms. The van der Waals surface area contributed by atoms with Gasteiger partial charge in [-0.25, -0.2) is 13.4 Å².